The number of fused-ring (bicyclic) bond motifs is 2. The second-order valence-electron chi connectivity index (χ2n) is 10.4. The number of hydrogen-bond donors (Lipinski definition) is 4. The highest BCUT2D eigenvalue weighted by molar-refractivity contribution is 5.98. The van der Waals surface area contributed by atoms with Gasteiger partial charge in [-0.2, -0.15) is 5.10 Å². The van der Waals surface area contributed by atoms with Crippen LogP contribution in [0.1, 0.15) is 13.3 Å². The Balaban J connectivity index is 1.39. The SMILES string of the molecule is CCC(=O)Nc1cncc(-c2cc3c(-c4nc5nccc(-c6cc(F)cc(NCCN(C)C)c6)c5[nH]4)n[nH]c3cc2F)c1. The number of aromatic nitrogens is 6. The fourth-order valence-electron chi connectivity index (χ4n) is 4.88. The molecule has 12 heteroatoms. The molecule has 6 aromatic rings. The first-order valence-electron chi connectivity index (χ1n) is 13.8. The van der Waals surface area contributed by atoms with E-state index in [4.69, 9.17) is 0 Å². The van der Waals surface area contributed by atoms with Crippen LogP contribution in [-0.2, 0) is 4.79 Å². The predicted molar refractivity (Wildman–Crippen MR) is 164 cm³/mol. The van der Waals surface area contributed by atoms with Gasteiger partial charge in [0.2, 0.25) is 5.91 Å². The Morgan fingerprint density at radius 2 is 1.84 bits per heavy atom. The molecule has 0 atom stereocenters. The van der Waals surface area contributed by atoms with Gasteiger partial charge in [0.15, 0.2) is 11.5 Å². The van der Waals surface area contributed by atoms with E-state index in [1.165, 1.54) is 30.6 Å². The minimum absolute atomic E-state index is 0.167. The molecule has 43 heavy (non-hydrogen) atoms. The highest BCUT2D eigenvalue weighted by atomic mass is 19.1. The molecule has 0 radical (unpaired) electrons. The minimum atomic E-state index is -0.474. The number of H-pyrrole nitrogens is 2. The summed E-state index contributed by atoms with van der Waals surface area (Å²) in [6, 6.07) is 11.3. The Hall–Kier alpha value is -5.23. The van der Waals surface area contributed by atoms with Gasteiger partial charge < -0.3 is 20.5 Å². The quantitative estimate of drug-likeness (QED) is 0.169. The molecule has 0 aliphatic rings. The van der Waals surface area contributed by atoms with Gasteiger partial charge in [0.1, 0.15) is 17.3 Å². The molecule has 4 heterocycles. The van der Waals surface area contributed by atoms with E-state index >= 15 is 4.39 Å². The normalized spacial score (nSPS) is 11.5. The minimum Gasteiger partial charge on any atom is -0.384 e. The lowest BCUT2D eigenvalue weighted by molar-refractivity contribution is -0.115. The van der Waals surface area contributed by atoms with Crippen LogP contribution in [0.5, 0.6) is 0 Å². The molecular weight excluding hydrogens is 552 g/mol. The molecule has 1 amide bonds. The summed E-state index contributed by atoms with van der Waals surface area (Å²) in [5.41, 5.74) is 5.31. The maximum absolute atomic E-state index is 15.2. The van der Waals surface area contributed by atoms with E-state index in [1.54, 1.807) is 31.3 Å². The van der Waals surface area contributed by atoms with E-state index in [9.17, 15) is 9.18 Å². The average molecular weight is 582 g/mol. The van der Waals surface area contributed by atoms with Crippen molar-refractivity contribution in [3.05, 3.63) is 72.7 Å². The summed E-state index contributed by atoms with van der Waals surface area (Å²) in [5, 5.41) is 13.9. The molecule has 0 unspecified atom stereocenters. The summed E-state index contributed by atoms with van der Waals surface area (Å²) >= 11 is 0. The molecule has 0 fully saturated rings. The lowest BCUT2D eigenvalue weighted by Gasteiger charge is -2.13. The molecule has 0 aliphatic heterocycles. The van der Waals surface area contributed by atoms with Gasteiger partial charge in [-0.25, -0.2) is 18.7 Å². The van der Waals surface area contributed by atoms with Crippen LogP contribution in [0.15, 0.2) is 61.1 Å². The number of pyridine rings is 2. The van der Waals surface area contributed by atoms with Gasteiger partial charge in [-0.05, 0) is 56.1 Å². The van der Waals surface area contributed by atoms with Crippen LogP contribution in [0.4, 0.5) is 20.2 Å². The second-order valence-corrected chi connectivity index (χ2v) is 10.4. The van der Waals surface area contributed by atoms with Crippen LogP contribution in [0.2, 0.25) is 0 Å². The van der Waals surface area contributed by atoms with Crippen molar-refractivity contribution in [1.82, 2.24) is 35.0 Å². The van der Waals surface area contributed by atoms with Crippen molar-refractivity contribution < 1.29 is 13.6 Å². The topological polar surface area (TPSA) is 128 Å². The number of imidazole rings is 1. The number of amides is 1. The maximum atomic E-state index is 15.2. The molecule has 4 N–H and O–H groups in total. The van der Waals surface area contributed by atoms with Gasteiger partial charge in [-0.3, -0.25) is 14.9 Å². The highest BCUT2D eigenvalue weighted by Crippen LogP contribution is 2.35. The average Bonchev–Trinajstić information content (AvgIpc) is 3.60. The Kier molecular flexibility index (Phi) is 7.51. The van der Waals surface area contributed by atoms with Crippen molar-refractivity contribution >= 4 is 39.3 Å². The number of carbonyl (C=O) groups excluding carboxylic acids is 1. The number of carbonyl (C=O) groups is 1. The van der Waals surface area contributed by atoms with Crippen molar-refractivity contribution in [3.63, 3.8) is 0 Å². The third-order valence-electron chi connectivity index (χ3n) is 7.02. The van der Waals surface area contributed by atoms with Gasteiger partial charge in [0.05, 0.1) is 22.9 Å². The first kappa shape index (κ1) is 27.9. The molecule has 6 rings (SSSR count). The number of rotatable bonds is 9. The van der Waals surface area contributed by atoms with Crippen molar-refractivity contribution in [1.29, 1.82) is 0 Å². The van der Waals surface area contributed by atoms with Crippen LogP contribution in [-0.4, -0.2) is 68.1 Å². The van der Waals surface area contributed by atoms with Crippen molar-refractivity contribution in [2.24, 2.45) is 0 Å². The molecule has 0 aliphatic carbocycles. The number of nitrogens with one attached hydrogen (secondary N) is 4. The molecule has 10 nitrogen and oxygen atoms in total. The lowest BCUT2D eigenvalue weighted by atomic mass is 10.0. The zero-order chi connectivity index (χ0) is 30.1. The van der Waals surface area contributed by atoms with Gasteiger partial charge >= 0.3 is 0 Å². The van der Waals surface area contributed by atoms with Crippen molar-refractivity contribution in [3.8, 4) is 33.8 Å². The summed E-state index contributed by atoms with van der Waals surface area (Å²) in [6.07, 6.45) is 4.98. The molecule has 4 aromatic heterocycles. The first-order chi connectivity index (χ1) is 20.8. The fraction of sp³-hybridized carbons (Fsp3) is 0.194. The van der Waals surface area contributed by atoms with Crippen LogP contribution >= 0.6 is 0 Å². The standard InChI is InChI=1S/C31H29F2N9O/c1-4-27(43)37-21-11-18(15-34-16-21)23-13-24-26(14-25(23)33)40-41-29(24)31-38-28-22(5-6-36-30(28)39-31)17-9-19(32)12-20(10-17)35-7-8-42(2)3/h5-6,9-16,35H,4,7-8H2,1-3H3,(H,37,43)(H,40,41)(H,36,38,39). The summed E-state index contributed by atoms with van der Waals surface area (Å²) in [6.45, 7) is 3.21. The zero-order valence-corrected chi connectivity index (χ0v) is 23.8. The van der Waals surface area contributed by atoms with Gasteiger partial charge in [-0.15, -0.1) is 0 Å². The summed E-state index contributed by atoms with van der Waals surface area (Å²) < 4.78 is 29.9. The first-order valence-corrected chi connectivity index (χ1v) is 13.8. The molecule has 2 aromatic carbocycles. The van der Waals surface area contributed by atoms with Crippen molar-refractivity contribution in [2.45, 2.75) is 13.3 Å². The summed E-state index contributed by atoms with van der Waals surface area (Å²) in [5.74, 6) is -0.588. The fourth-order valence-corrected chi connectivity index (χ4v) is 4.88. The smallest absolute Gasteiger partial charge is 0.224 e. The number of aromatic amines is 2. The second kappa shape index (κ2) is 11.6. The van der Waals surface area contributed by atoms with Crippen molar-refractivity contribution in [2.75, 3.05) is 37.8 Å². The molecule has 218 valence electrons. The molecular formula is C31H29F2N9O. The summed E-state index contributed by atoms with van der Waals surface area (Å²) in [4.78, 5) is 30.5. The molecule has 0 spiro atoms. The van der Waals surface area contributed by atoms with Gasteiger partial charge in [0, 0.05) is 65.7 Å². The van der Waals surface area contributed by atoms with Crippen LogP contribution < -0.4 is 10.6 Å². The number of benzene rings is 2. The molecule has 0 saturated carbocycles. The third kappa shape index (κ3) is 5.77. The Morgan fingerprint density at radius 1 is 1.00 bits per heavy atom. The largest absolute Gasteiger partial charge is 0.384 e. The van der Waals surface area contributed by atoms with Gasteiger partial charge in [0.25, 0.3) is 0 Å². The number of halogens is 2. The van der Waals surface area contributed by atoms with E-state index in [0.29, 0.717) is 74.6 Å². The molecule has 0 saturated heterocycles. The van der Waals surface area contributed by atoms with E-state index in [2.05, 4.69) is 40.8 Å². The monoisotopic (exact) mass is 581 g/mol. The van der Waals surface area contributed by atoms with Crippen LogP contribution in [0.3, 0.4) is 0 Å². The number of hydrogen-bond acceptors (Lipinski definition) is 7. The van der Waals surface area contributed by atoms with Crippen LogP contribution in [0, 0.1) is 11.6 Å². The predicted octanol–water partition coefficient (Wildman–Crippen LogP) is 5.83. The molecule has 0 bridgehead atoms. The number of likely N-dealkylation sites (N-methyl/N-ethyl adjacent to an activating group) is 1. The van der Waals surface area contributed by atoms with E-state index in [0.717, 1.165) is 12.1 Å². The van der Waals surface area contributed by atoms with E-state index < -0.39 is 5.82 Å². The Labute approximate surface area is 245 Å². The Bertz CT molecular complexity index is 1960. The number of nitrogens with zero attached hydrogens (tertiary/aromatic N) is 5. The third-order valence-corrected chi connectivity index (χ3v) is 7.02. The zero-order valence-electron chi connectivity index (χ0n) is 23.8. The van der Waals surface area contributed by atoms with Crippen LogP contribution in [0.25, 0.3) is 55.8 Å². The summed E-state index contributed by atoms with van der Waals surface area (Å²) in [7, 11) is 3.96. The highest BCUT2D eigenvalue weighted by Gasteiger charge is 2.19. The Morgan fingerprint density at radius 3 is 2.65 bits per heavy atom. The number of anilines is 2. The van der Waals surface area contributed by atoms with E-state index in [1.807, 2.05) is 25.1 Å². The van der Waals surface area contributed by atoms with Gasteiger partial charge in [-0.1, -0.05) is 6.92 Å². The van der Waals surface area contributed by atoms with E-state index in [-0.39, 0.29) is 11.7 Å². The lowest BCUT2D eigenvalue weighted by Crippen LogP contribution is -2.20. The maximum Gasteiger partial charge on any atom is 0.224 e.